The molecule has 0 spiro atoms. The van der Waals surface area contributed by atoms with Crippen molar-refractivity contribution in [3.63, 3.8) is 0 Å². The van der Waals surface area contributed by atoms with E-state index in [0.29, 0.717) is 0 Å². The van der Waals surface area contributed by atoms with E-state index in [1.54, 1.807) is 0 Å². The van der Waals surface area contributed by atoms with Crippen LogP contribution in [0.2, 0.25) is 0 Å². The Morgan fingerprint density at radius 3 is 1.14 bits per heavy atom. The minimum Gasteiger partial charge on any atom is -0.255 e. The molecule has 0 bridgehead atoms. The number of hydrogen-bond donors (Lipinski definition) is 0. The Labute approximate surface area is 246 Å². The Morgan fingerprint density at radius 2 is 0.786 bits per heavy atom. The molecule has 2 aromatic heterocycles. The normalized spacial score (nSPS) is 10.9. The van der Waals surface area contributed by atoms with Crippen molar-refractivity contribution >= 4 is 8.25 Å². The lowest BCUT2D eigenvalue weighted by molar-refractivity contribution is 0.213. The summed E-state index contributed by atoms with van der Waals surface area (Å²) in [5.74, 6) is 0. The number of benzene rings is 4. The summed E-state index contributed by atoms with van der Waals surface area (Å²) in [5.41, 5.74) is 9.15. The van der Waals surface area contributed by atoms with Crippen LogP contribution in [0.25, 0.3) is 44.8 Å². The molecule has 0 radical (unpaired) electrons. The van der Waals surface area contributed by atoms with Crippen LogP contribution in [-0.4, -0.2) is 9.97 Å². The quantitative estimate of drug-likeness (QED) is 0.154. The van der Waals surface area contributed by atoms with Gasteiger partial charge >= 0.3 is 8.25 Å². The maximum absolute atomic E-state index is 13.1. The van der Waals surface area contributed by atoms with Gasteiger partial charge in [-0.25, -0.2) is 0 Å². The second-order valence-corrected chi connectivity index (χ2v) is 10.7. The second-order valence-electron chi connectivity index (χ2n) is 9.70. The third-order valence-corrected chi connectivity index (χ3v) is 7.57. The molecule has 0 unspecified atom stereocenters. The maximum Gasteiger partial charge on any atom is 0.698 e. The van der Waals surface area contributed by atoms with Crippen LogP contribution in [0.5, 0.6) is 0 Å². The van der Waals surface area contributed by atoms with Gasteiger partial charge in [-0.15, -0.1) is 9.05 Å². The zero-order chi connectivity index (χ0) is 28.6. The molecule has 204 valence electrons. The molecule has 0 N–H and O–H groups in total. The van der Waals surface area contributed by atoms with Crippen LogP contribution in [0.15, 0.2) is 146 Å². The lowest BCUT2D eigenvalue weighted by atomic mass is 10.0. The fourth-order valence-corrected chi connectivity index (χ4v) is 5.37. The molecule has 0 aliphatic heterocycles. The third-order valence-electron chi connectivity index (χ3n) is 6.89. The average Bonchev–Trinajstić information content (AvgIpc) is 3.07. The molecule has 42 heavy (non-hydrogen) atoms. The van der Waals surface area contributed by atoms with Crippen LogP contribution in [0, 0.1) is 0 Å². The first-order chi connectivity index (χ1) is 20.7. The summed E-state index contributed by atoms with van der Waals surface area (Å²) in [5, 5.41) is 0. The van der Waals surface area contributed by atoms with Gasteiger partial charge in [-0.3, -0.25) is 9.97 Å². The van der Waals surface area contributed by atoms with E-state index in [0.717, 1.165) is 55.9 Å². The smallest absolute Gasteiger partial charge is 0.255 e. The number of hydrogen-bond acceptors (Lipinski definition) is 5. The van der Waals surface area contributed by atoms with Gasteiger partial charge in [-0.2, -0.15) is 0 Å². The molecular formula is C36H28N2O3P+. The number of rotatable bonds is 10. The Kier molecular flexibility index (Phi) is 8.63. The van der Waals surface area contributed by atoms with Crippen LogP contribution in [0.4, 0.5) is 0 Å². The van der Waals surface area contributed by atoms with E-state index in [1.165, 1.54) is 0 Å². The minimum atomic E-state index is -2.42. The number of pyridine rings is 2. The van der Waals surface area contributed by atoms with Gasteiger partial charge in [-0.1, -0.05) is 121 Å². The molecule has 0 amide bonds. The van der Waals surface area contributed by atoms with Crippen molar-refractivity contribution in [1.29, 1.82) is 0 Å². The van der Waals surface area contributed by atoms with Crippen molar-refractivity contribution in [2.75, 3.05) is 0 Å². The molecule has 6 heteroatoms. The van der Waals surface area contributed by atoms with E-state index >= 15 is 0 Å². The Balaban J connectivity index is 1.22. The molecule has 0 aliphatic rings. The van der Waals surface area contributed by atoms with Crippen molar-refractivity contribution < 1.29 is 13.6 Å². The van der Waals surface area contributed by atoms with Gasteiger partial charge in [0.05, 0.1) is 11.4 Å². The Morgan fingerprint density at radius 1 is 0.452 bits per heavy atom. The van der Waals surface area contributed by atoms with Crippen LogP contribution in [-0.2, 0) is 26.8 Å². The first kappa shape index (κ1) is 27.4. The molecular weight excluding hydrogens is 539 g/mol. The summed E-state index contributed by atoms with van der Waals surface area (Å²) < 4.78 is 24.6. The van der Waals surface area contributed by atoms with E-state index in [4.69, 9.17) is 19.0 Å². The highest BCUT2D eigenvalue weighted by molar-refractivity contribution is 7.33. The summed E-state index contributed by atoms with van der Waals surface area (Å²) in [6, 6.07) is 44.0. The first-order valence-corrected chi connectivity index (χ1v) is 14.8. The zero-order valence-corrected chi connectivity index (χ0v) is 23.7. The molecule has 0 fully saturated rings. The molecule has 6 aromatic rings. The second kappa shape index (κ2) is 13.2. The molecule has 0 saturated heterocycles. The highest BCUT2D eigenvalue weighted by Crippen LogP contribution is 2.34. The van der Waals surface area contributed by atoms with Crippen molar-refractivity contribution in [2.24, 2.45) is 0 Å². The van der Waals surface area contributed by atoms with Crippen molar-refractivity contribution in [3.05, 3.63) is 157 Å². The Bertz CT molecular complexity index is 1650. The van der Waals surface area contributed by atoms with Crippen LogP contribution in [0.3, 0.4) is 0 Å². The predicted molar refractivity (Wildman–Crippen MR) is 167 cm³/mol. The van der Waals surface area contributed by atoms with Gasteiger partial charge in [-0.05, 0) is 23.3 Å². The maximum atomic E-state index is 13.1. The van der Waals surface area contributed by atoms with E-state index in [9.17, 15) is 4.57 Å². The minimum absolute atomic E-state index is 0.0843. The lowest BCUT2D eigenvalue weighted by Gasteiger charge is -2.10. The monoisotopic (exact) mass is 567 g/mol. The highest BCUT2D eigenvalue weighted by Gasteiger charge is 2.24. The van der Waals surface area contributed by atoms with Crippen molar-refractivity contribution in [3.8, 4) is 44.8 Å². The zero-order valence-electron chi connectivity index (χ0n) is 22.8. The van der Waals surface area contributed by atoms with Crippen molar-refractivity contribution in [2.45, 2.75) is 13.2 Å². The van der Waals surface area contributed by atoms with E-state index < -0.39 is 8.25 Å². The topological polar surface area (TPSA) is 61.3 Å². The van der Waals surface area contributed by atoms with E-state index in [1.807, 2.05) is 146 Å². The van der Waals surface area contributed by atoms with Crippen LogP contribution < -0.4 is 0 Å². The molecule has 2 heterocycles. The molecule has 0 aliphatic carbocycles. The highest BCUT2D eigenvalue weighted by atomic mass is 31.1. The molecule has 6 rings (SSSR count). The largest absolute Gasteiger partial charge is 0.698 e. The Hall–Kier alpha value is -4.80. The predicted octanol–water partition coefficient (Wildman–Crippen LogP) is 9.54. The standard InChI is InChI=1S/C36H28N2O3P/c39-42(40-25-33-21-31(27-13-5-1-6-14-27)23-37-35(33)29-17-9-3-10-18-29)41-26-34-22-32(28-15-7-2-8-16-28)24-38-36(34)30-19-11-4-12-20-30/h1-24H,25-26H2/q+1. The molecule has 0 saturated carbocycles. The molecule has 4 aromatic carbocycles. The van der Waals surface area contributed by atoms with Gasteiger partial charge in [0.1, 0.15) is 13.2 Å². The fourth-order valence-electron chi connectivity index (χ4n) is 4.81. The van der Waals surface area contributed by atoms with Gasteiger partial charge in [0.15, 0.2) is 0 Å². The summed E-state index contributed by atoms with van der Waals surface area (Å²) in [7, 11) is -2.42. The van der Waals surface area contributed by atoms with E-state index in [2.05, 4.69) is 0 Å². The van der Waals surface area contributed by atoms with Gasteiger partial charge in [0, 0.05) is 50.3 Å². The van der Waals surface area contributed by atoms with Crippen LogP contribution in [0.1, 0.15) is 11.1 Å². The summed E-state index contributed by atoms with van der Waals surface area (Å²) in [6.07, 6.45) is 3.71. The fraction of sp³-hybridized carbons (Fsp3) is 0.0556. The first-order valence-electron chi connectivity index (χ1n) is 13.7. The third kappa shape index (κ3) is 6.56. The van der Waals surface area contributed by atoms with Crippen molar-refractivity contribution in [1.82, 2.24) is 9.97 Å². The van der Waals surface area contributed by atoms with Crippen LogP contribution >= 0.6 is 8.25 Å². The SMILES string of the molecule is O=[P+](OCc1cc(-c2ccccc2)cnc1-c1ccccc1)OCc1cc(-c2ccccc2)cnc1-c1ccccc1. The van der Waals surface area contributed by atoms with Gasteiger partial charge in [0.25, 0.3) is 0 Å². The molecule has 5 nitrogen and oxygen atoms in total. The molecule has 0 atom stereocenters. The number of aromatic nitrogens is 2. The summed E-state index contributed by atoms with van der Waals surface area (Å²) >= 11 is 0. The number of nitrogens with zero attached hydrogens (tertiary/aromatic N) is 2. The average molecular weight is 568 g/mol. The summed E-state index contributed by atoms with van der Waals surface area (Å²) in [6.45, 7) is 0.169. The van der Waals surface area contributed by atoms with E-state index in [-0.39, 0.29) is 13.2 Å². The summed E-state index contributed by atoms with van der Waals surface area (Å²) in [4.78, 5) is 9.51. The lowest BCUT2D eigenvalue weighted by Crippen LogP contribution is -1.98. The van der Waals surface area contributed by atoms with Gasteiger partial charge < -0.3 is 0 Å². The van der Waals surface area contributed by atoms with Gasteiger partial charge in [0.2, 0.25) is 0 Å².